The first-order chi connectivity index (χ1) is 7.96. The minimum atomic E-state index is 0.472. The lowest BCUT2D eigenvalue weighted by molar-refractivity contribution is 0.133. The van der Waals surface area contributed by atoms with Crippen LogP contribution < -0.4 is 0 Å². The van der Waals surface area contributed by atoms with Gasteiger partial charge in [-0.25, -0.2) is 0 Å². The van der Waals surface area contributed by atoms with Crippen molar-refractivity contribution in [3.05, 3.63) is 0 Å². The first-order valence-corrected chi connectivity index (χ1v) is 7.11. The van der Waals surface area contributed by atoms with Crippen molar-refractivity contribution in [1.29, 1.82) is 0 Å². The summed E-state index contributed by atoms with van der Waals surface area (Å²) in [5.41, 5.74) is 0.472. The van der Waals surface area contributed by atoms with E-state index in [0.717, 1.165) is 44.2 Å². The van der Waals surface area contributed by atoms with Crippen molar-refractivity contribution in [2.45, 2.75) is 47.5 Å². The second-order valence-corrected chi connectivity index (χ2v) is 6.48. The van der Waals surface area contributed by atoms with Crippen LogP contribution in [-0.4, -0.2) is 26.4 Å². The summed E-state index contributed by atoms with van der Waals surface area (Å²) < 4.78 is 10.5. The van der Waals surface area contributed by atoms with E-state index in [1.165, 1.54) is 12.8 Å². The highest BCUT2D eigenvalue weighted by Gasteiger charge is 2.32. The highest BCUT2D eigenvalue weighted by Crippen LogP contribution is 2.35. The van der Waals surface area contributed by atoms with E-state index in [1.54, 1.807) is 0 Å². The van der Waals surface area contributed by atoms with Gasteiger partial charge in [0.25, 0.3) is 0 Å². The van der Waals surface area contributed by atoms with Crippen molar-refractivity contribution in [2.75, 3.05) is 26.4 Å². The van der Waals surface area contributed by atoms with Crippen LogP contribution in [0.3, 0.4) is 0 Å². The molecule has 102 valence electrons. The zero-order valence-electron chi connectivity index (χ0n) is 12.3. The van der Waals surface area contributed by atoms with Gasteiger partial charge < -0.3 is 9.47 Å². The Labute approximate surface area is 107 Å². The molecule has 0 amide bonds. The summed E-state index contributed by atoms with van der Waals surface area (Å²) in [6.07, 6.45) is 2.52. The molecule has 0 spiro atoms. The summed E-state index contributed by atoms with van der Waals surface area (Å²) in [6, 6.07) is 0. The molecule has 2 heterocycles. The summed E-state index contributed by atoms with van der Waals surface area (Å²) in [6.45, 7) is 15.3. The molecule has 0 bridgehead atoms. The van der Waals surface area contributed by atoms with Crippen molar-refractivity contribution >= 4 is 0 Å². The van der Waals surface area contributed by atoms with Crippen LogP contribution in [0, 0.1) is 23.2 Å². The maximum absolute atomic E-state index is 5.32. The van der Waals surface area contributed by atoms with Gasteiger partial charge in [0.15, 0.2) is 0 Å². The molecule has 17 heavy (non-hydrogen) atoms. The Bertz CT molecular complexity index is 199. The van der Waals surface area contributed by atoms with Crippen molar-refractivity contribution in [1.82, 2.24) is 0 Å². The monoisotopic (exact) mass is 242 g/mol. The van der Waals surface area contributed by atoms with E-state index >= 15 is 0 Å². The van der Waals surface area contributed by atoms with E-state index in [9.17, 15) is 0 Å². The number of hydrogen-bond donors (Lipinski definition) is 0. The second-order valence-electron chi connectivity index (χ2n) is 6.48. The van der Waals surface area contributed by atoms with Crippen LogP contribution in [-0.2, 0) is 9.47 Å². The zero-order chi connectivity index (χ0) is 12.9. The Kier molecular flexibility index (Phi) is 5.94. The van der Waals surface area contributed by atoms with E-state index in [0.29, 0.717) is 5.41 Å². The molecule has 2 rings (SSSR count). The molecule has 2 atom stereocenters. The third kappa shape index (κ3) is 4.59. The van der Waals surface area contributed by atoms with Gasteiger partial charge in [0.05, 0.1) is 6.61 Å². The normalized spacial score (nSPS) is 33.0. The molecule has 0 aromatic heterocycles. The molecule has 2 saturated heterocycles. The number of rotatable bonds is 2. The molecule has 0 aliphatic carbocycles. The Hall–Kier alpha value is -0.0800. The Balaban J connectivity index is 0.000000171. The van der Waals surface area contributed by atoms with Crippen LogP contribution in [0.4, 0.5) is 0 Å². The lowest BCUT2D eigenvalue weighted by atomic mass is 9.79. The molecular formula is C15H30O2. The van der Waals surface area contributed by atoms with Gasteiger partial charge in [0.2, 0.25) is 0 Å². The molecule has 0 radical (unpaired) electrons. The molecule has 0 saturated carbocycles. The second kappa shape index (κ2) is 6.75. The van der Waals surface area contributed by atoms with Crippen LogP contribution in [0.5, 0.6) is 0 Å². The summed E-state index contributed by atoms with van der Waals surface area (Å²) in [4.78, 5) is 0. The fraction of sp³-hybridized carbons (Fsp3) is 1.00. The SMILES string of the molecule is CC(C)C1(C)CCOC1.CC(C)C1CCOC1. The average molecular weight is 242 g/mol. The molecule has 2 unspecified atom stereocenters. The molecule has 2 nitrogen and oxygen atoms in total. The first-order valence-electron chi connectivity index (χ1n) is 7.11. The summed E-state index contributed by atoms with van der Waals surface area (Å²) in [7, 11) is 0. The van der Waals surface area contributed by atoms with E-state index in [-0.39, 0.29) is 0 Å². The van der Waals surface area contributed by atoms with Crippen LogP contribution in [0.2, 0.25) is 0 Å². The molecule has 0 aromatic rings. The Morgan fingerprint density at radius 2 is 1.76 bits per heavy atom. The minimum Gasteiger partial charge on any atom is -0.381 e. The first kappa shape index (κ1) is 15.0. The van der Waals surface area contributed by atoms with Crippen molar-refractivity contribution in [3.63, 3.8) is 0 Å². The minimum absolute atomic E-state index is 0.472. The van der Waals surface area contributed by atoms with Crippen molar-refractivity contribution in [3.8, 4) is 0 Å². The van der Waals surface area contributed by atoms with Gasteiger partial charge in [-0.05, 0) is 36.0 Å². The predicted octanol–water partition coefficient (Wildman–Crippen LogP) is 3.75. The lowest BCUT2D eigenvalue weighted by Gasteiger charge is -2.25. The van der Waals surface area contributed by atoms with Crippen molar-refractivity contribution < 1.29 is 9.47 Å². The zero-order valence-corrected chi connectivity index (χ0v) is 12.3. The van der Waals surface area contributed by atoms with Gasteiger partial charge in [-0.1, -0.05) is 34.6 Å². The molecular weight excluding hydrogens is 212 g/mol. The van der Waals surface area contributed by atoms with E-state index < -0.39 is 0 Å². The van der Waals surface area contributed by atoms with E-state index in [2.05, 4.69) is 34.6 Å². The lowest BCUT2D eigenvalue weighted by Crippen LogP contribution is -2.22. The fourth-order valence-electron chi connectivity index (χ4n) is 2.22. The van der Waals surface area contributed by atoms with Crippen LogP contribution in [0.25, 0.3) is 0 Å². The smallest absolute Gasteiger partial charge is 0.0523 e. The van der Waals surface area contributed by atoms with Gasteiger partial charge >= 0.3 is 0 Å². The van der Waals surface area contributed by atoms with Gasteiger partial charge in [0.1, 0.15) is 0 Å². The number of hydrogen-bond acceptors (Lipinski definition) is 2. The van der Waals surface area contributed by atoms with Crippen molar-refractivity contribution in [2.24, 2.45) is 23.2 Å². The topological polar surface area (TPSA) is 18.5 Å². The van der Waals surface area contributed by atoms with Gasteiger partial charge in [-0.15, -0.1) is 0 Å². The molecule has 0 N–H and O–H groups in total. The third-order valence-electron chi connectivity index (χ3n) is 4.55. The summed E-state index contributed by atoms with van der Waals surface area (Å²) in [5, 5.41) is 0. The predicted molar refractivity (Wildman–Crippen MR) is 72.1 cm³/mol. The maximum atomic E-state index is 5.32. The van der Waals surface area contributed by atoms with Crippen LogP contribution in [0.1, 0.15) is 47.5 Å². The maximum Gasteiger partial charge on any atom is 0.0523 e. The van der Waals surface area contributed by atoms with E-state index in [4.69, 9.17) is 9.47 Å². The van der Waals surface area contributed by atoms with Gasteiger partial charge in [0, 0.05) is 19.8 Å². The van der Waals surface area contributed by atoms with Crippen LogP contribution >= 0.6 is 0 Å². The molecule has 2 aliphatic rings. The highest BCUT2D eigenvalue weighted by atomic mass is 16.5. The molecule has 2 fully saturated rings. The molecule has 0 aromatic carbocycles. The average Bonchev–Trinajstić information content (AvgIpc) is 2.88. The van der Waals surface area contributed by atoms with Crippen LogP contribution in [0.15, 0.2) is 0 Å². The fourth-order valence-corrected chi connectivity index (χ4v) is 2.22. The summed E-state index contributed by atoms with van der Waals surface area (Å²) in [5.74, 6) is 2.42. The Morgan fingerprint density at radius 1 is 1.06 bits per heavy atom. The largest absolute Gasteiger partial charge is 0.381 e. The Morgan fingerprint density at radius 3 is 2.00 bits per heavy atom. The summed E-state index contributed by atoms with van der Waals surface area (Å²) >= 11 is 0. The third-order valence-corrected chi connectivity index (χ3v) is 4.55. The van der Waals surface area contributed by atoms with E-state index in [1.807, 2.05) is 0 Å². The highest BCUT2D eigenvalue weighted by molar-refractivity contribution is 4.80. The standard InChI is InChI=1S/C8H16O.C7H14O/c1-7(2)8(3)4-5-9-6-8;1-6(2)7-3-4-8-5-7/h7H,4-6H2,1-3H3;6-7H,3-5H2,1-2H3. The molecule has 2 heteroatoms. The number of ether oxygens (including phenoxy) is 2. The van der Waals surface area contributed by atoms with Gasteiger partial charge in [-0.2, -0.15) is 0 Å². The van der Waals surface area contributed by atoms with Gasteiger partial charge in [-0.3, -0.25) is 0 Å². The molecule has 2 aliphatic heterocycles. The quantitative estimate of drug-likeness (QED) is 0.734.